The number of hydrogen-bond acceptors (Lipinski definition) is 5. The number of hydrogen-bond donors (Lipinski definition) is 2. The van der Waals surface area contributed by atoms with Crippen LogP contribution in [-0.4, -0.2) is 52.2 Å². The van der Waals surface area contributed by atoms with Crippen LogP contribution in [0.5, 0.6) is 0 Å². The molecular weight excluding hydrogens is 446 g/mol. The summed E-state index contributed by atoms with van der Waals surface area (Å²) in [6.07, 6.45) is 0.944. The molecule has 8 heteroatoms. The Labute approximate surface area is 202 Å². The van der Waals surface area contributed by atoms with Crippen LogP contribution in [0.3, 0.4) is 0 Å². The highest BCUT2D eigenvalue weighted by Gasteiger charge is 2.32. The average Bonchev–Trinajstić information content (AvgIpc) is 3.20. The SMILES string of the molecule is O=C(O)CC(NC(=O)OCC1c2ccccc2-c2ccccc21)C(=O)N1CCc2ncccc2C1. The molecule has 5 rings (SSSR count). The van der Waals surface area contributed by atoms with Crippen molar-refractivity contribution in [2.75, 3.05) is 13.2 Å². The van der Waals surface area contributed by atoms with Crippen molar-refractivity contribution in [3.05, 3.63) is 89.2 Å². The number of carboxylic acid groups (broad SMARTS) is 1. The van der Waals surface area contributed by atoms with E-state index >= 15 is 0 Å². The molecule has 1 aromatic heterocycles. The molecule has 8 nitrogen and oxygen atoms in total. The third-order valence-electron chi connectivity index (χ3n) is 6.59. The second-order valence-corrected chi connectivity index (χ2v) is 8.74. The van der Waals surface area contributed by atoms with Gasteiger partial charge >= 0.3 is 12.1 Å². The first kappa shape index (κ1) is 22.6. The van der Waals surface area contributed by atoms with Gasteiger partial charge in [0.15, 0.2) is 0 Å². The van der Waals surface area contributed by atoms with Crippen LogP contribution in [0.4, 0.5) is 4.79 Å². The summed E-state index contributed by atoms with van der Waals surface area (Å²) in [6, 6.07) is 18.4. The Bertz CT molecular complexity index is 1250. The lowest BCUT2D eigenvalue weighted by molar-refractivity contribution is -0.143. The van der Waals surface area contributed by atoms with Crippen molar-refractivity contribution < 1.29 is 24.2 Å². The minimum absolute atomic E-state index is 0.0800. The lowest BCUT2D eigenvalue weighted by Crippen LogP contribution is -2.51. The van der Waals surface area contributed by atoms with E-state index < -0.39 is 30.4 Å². The third kappa shape index (κ3) is 4.59. The third-order valence-corrected chi connectivity index (χ3v) is 6.59. The molecule has 2 aliphatic rings. The molecule has 2 heterocycles. The smallest absolute Gasteiger partial charge is 0.407 e. The van der Waals surface area contributed by atoms with Crippen molar-refractivity contribution in [2.24, 2.45) is 0 Å². The number of amides is 2. The van der Waals surface area contributed by atoms with Crippen LogP contribution in [0.15, 0.2) is 66.9 Å². The van der Waals surface area contributed by atoms with Crippen LogP contribution >= 0.6 is 0 Å². The Morgan fingerprint density at radius 2 is 1.71 bits per heavy atom. The van der Waals surface area contributed by atoms with E-state index in [1.807, 2.05) is 54.6 Å². The van der Waals surface area contributed by atoms with E-state index in [2.05, 4.69) is 10.3 Å². The van der Waals surface area contributed by atoms with E-state index in [-0.39, 0.29) is 12.5 Å². The van der Waals surface area contributed by atoms with E-state index in [9.17, 15) is 19.5 Å². The minimum Gasteiger partial charge on any atom is -0.481 e. The van der Waals surface area contributed by atoms with Gasteiger partial charge < -0.3 is 20.1 Å². The number of fused-ring (bicyclic) bond motifs is 4. The predicted molar refractivity (Wildman–Crippen MR) is 128 cm³/mol. The van der Waals surface area contributed by atoms with Gasteiger partial charge in [-0.2, -0.15) is 0 Å². The van der Waals surface area contributed by atoms with Crippen LogP contribution < -0.4 is 5.32 Å². The van der Waals surface area contributed by atoms with Crippen molar-refractivity contribution in [3.8, 4) is 11.1 Å². The van der Waals surface area contributed by atoms with Crippen molar-refractivity contribution >= 4 is 18.0 Å². The number of benzene rings is 2. The molecule has 0 spiro atoms. The first-order valence-corrected chi connectivity index (χ1v) is 11.6. The van der Waals surface area contributed by atoms with Crippen molar-refractivity contribution in [1.29, 1.82) is 0 Å². The Hall–Kier alpha value is -4.20. The Kier molecular flexibility index (Phi) is 6.18. The van der Waals surface area contributed by atoms with Crippen molar-refractivity contribution in [3.63, 3.8) is 0 Å². The summed E-state index contributed by atoms with van der Waals surface area (Å²) in [6.45, 7) is 0.812. The molecule has 1 aliphatic heterocycles. The summed E-state index contributed by atoms with van der Waals surface area (Å²) in [5.41, 5.74) is 6.20. The highest BCUT2D eigenvalue weighted by Crippen LogP contribution is 2.44. The van der Waals surface area contributed by atoms with Gasteiger partial charge in [0.05, 0.1) is 6.42 Å². The first-order chi connectivity index (χ1) is 17.0. The minimum atomic E-state index is -1.22. The lowest BCUT2D eigenvalue weighted by atomic mass is 9.98. The van der Waals surface area contributed by atoms with E-state index in [0.29, 0.717) is 19.5 Å². The molecule has 2 aromatic carbocycles. The molecule has 0 bridgehead atoms. The molecule has 0 radical (unpaired) electrons. The number of nitrogens with zero attached hydrogens (tertiary/aromatic N) is 2. The summed E-state index contributed by atoms with van der Waals surface area (Å²) < 4.78 is 5.52. The summed E-state index contributed by atoms with van der Waals surface area (Å²) >= 11 is 0. The lowest BCUT2D eigenvalue weighted by Gasteiger charge is -2.31. The van der Waals surface area contributed by atoms with Gasteiger partial charge in [0, 0.05) is 37.3 Å². The molecule has 2 N–H and O–H groups in total. The molecule has 178 valence electrons. The normalized spacial score (nSPS) is 14.9. The molecule has 0 saturated heterocycles. The molecule has 0 saturated carbocycles. The Balaban J connectivity index is 1.26. The highest BCUT2D eigenvalue weighted by atomic mass is 16.5. The van der Waals surface area contributed by atoms with Crippen molar-refractivity contribution in [2.45, 2.75) is 31.3 Å². The molecular formula is C27H25N3O5. The van der Waals surface area contributed by atoms with Crippen LogP contribution in [0.25, 0.3) is 11.1 Å². The first-order valence-electron chi connectivity index (χ1n) is 11.6. The van der Waals surface area contributed by atoms with Gasteiger partial charge in [-0.25, -0.2) is 4.79 Å². The van der Waals surface area contributed by atoms with Gasteiger partial charge in [0.2, 0.25) is 5.91 Å². The number of carbonyl (C=O) groups excluding carboxylic acids is 2. The zero-order valence-corrected chi connectivity index (χ0v) is 19.0. The highest BCUT2D eigenvalue weighted by molar-refractivity contribution is 5.89. The van der Waals surface area contributed by atoms with Crippen LogP contribution in [-0.2, 0) is 27.3 Å². The molecule has 0 fully saturated rings. The second kappa shape index (κ2) is 9.58. The number of aromatic nitrogens is 1. The van der Waals surface area contributed by atoms with Crippen molar-refractivity contribution in [1.82, 2.24) is 15.2 Å². The summed E-state index contributed by atoms with van der Waals surface area (Å²) in [5, 5.41) is 11.8. The van der Waals surface area contributed by atoms with Gasteiger partial charge in [-0.15, -0.1) is 0 Å². The second-order valence-electron chi connectivity index (χ2n) is 8.74. The largest absolute Gasteiger partial charge is 0.481 e. The maximum absolute atomic E-state index is 13.1. The number of ether oxygens (including phenoxy) is 1. The number of pyridine rings is 1. The maximum Gasteiger partial charge on any atom is 0.407 e. The van der Waals surface area contributed by atoms with Gasteiger partial charge in [0.25, 0.3) is 0 Å². The molecule has 1 aliphatic carbocycles. The fraction of sp³-hybridized carbons (Fsp3) is 0.259. The van der Waals surface area contributed by atoms with Gasteiger partial charge in [-0.05, 0) is 33.9 Å². The topological polar surface area (TPSA) is 109 Å². The van der Waals surface area contributed by atoms with Gasteiger partial charge in [-0.1, -0.05) is 54.6 Å². The fourth-order valence-electron chi connectivity index (χ4n) is 4.93. The summed E-state index contributed by atoms with van der Waals surface area (Å²) in [5.74, 6) is -1.76. The zero-order chi connectivity index (χ0) is 24.4. The van der Waals surface area contributed by atoms with E-state index in [0.717, 1.165) is 33.5 Å². The monoisotopic (exact) mass is 471 g/mol. The molecule has 1 atom stereocenters. The van der Waals surface area contributed by atoms with Gasteiger partial charge in [-0.3, -0.25) is 14.6 Å². The van der Waals surface area contributed by atoms with E-state index in [1.165, 1.54) is 0 Å². The quantitative estimate of drug-likeness (QED) is 0.571. The molecule has 35 heavy (non-hydrogen) atoms. The number of alkyl carbamates (subject to hydrolysis) is 1. The maximum atomic E-state index is 13.1. The summed E-state index contributed by atoms with van der Waals surface area (Å²) in [4.78, 5) is 43.2. The number of aliphatic carboxylic acids is 1. The van der Waals surface area contributed by atoms with Crippen LogP contribution in [0.2, 0.25) is 0 Å². The standard InChI is InChI=1S/C27H25N3O5/c31-25(32)14-24(26(33)30-13-11-23-17(15-30)6-5-12-28-23)29-27(34)35-16-22-20-9-3-1-7-18(20)19-8-2-4-10-21(19)22/h1-10,12,22,24H,11,13-16H2,(H,29,34)(H,31,32). The van der Waals surface area contributed by atoms with Crippen LogP contribution in [0.1, 0.15) is 34.7 Å². The van der Waals surface area contributed by atoms with E-state index in [1.54, 1.807) is 17.2 Å². The van der Waals surface area contributed by atoms with Crippen LogP contribution in [0, 0.1) is 0 Å². The number of nitrogens with one attached hydrogen (secondary N) is 1. The predicted octanol–water partition coefficient (Wildman–Crippen LogP) is 3.35. The van der Waals surface area contributed by atoms with E-state index in [4.69, 9.17) is 4.74 Å². The number of carbonyl (C=O) groups is 3. The molecule has 1 unspecified atom stereocenters. The average molecular weight is 472 g/mol. The molecule has 2 amide bonds. The van der Waals surface area contributed by atoms with Gasteiger partial charge in [0.1, 0.15) is 12.6 Å². The number of carboxylic acids is 1. The summed E-state index contributed by atoms with van der Waals surface area (Å²) in [7, 11) is 0. The Morgan fingerprint density at radius 1 is 1.03 bits per heavy atom. The molecule has 3 aromatic rings. The fourth-order valence-corrected chi connectivity index (χ4v) is 4.93. The Morgan fingerprint density at radius 3 is 2.40 bits per heavy atom. The zero-order valence-electron chi connectivity index (χ0n) is 19.0. The number of rotatable bonds is 6.